The molecule has 0 saturated carbocycles. The summed E-state index contributed by atoms with van der Waals surface area (Å²) in [6.07, 6.45) is 0.0528. The molecule has 0 amide bonds. The lowest BCUT2D eigenvalue weighted by Crippen LogP contribution is -2.03. The molecule has 0 unspecified atom stereocenters. The summed E-state index contributed by atoms with van der Waals surface area (Å²) in [5.74, 6) is 1.77. The van der Waals surface area contributed by atoms with Crippen molar-refractivity contribution in [3.63, 3.8) is 0 Å². The maximum atomic E-state index is 12.2. The molecule has 2 aromatic heterocycles. The van der Waals surface area contributed by atoms with Gasteiger partial charge in [0.2, 0.25) is 0 Å². The highest BCUT2D eigenvalue weighted by Crippen LogP contribution is 2.21. The molecule has 0 radical (unpaired) electrons. The molecular formula is C28H20N2O4. The van der Waals surface area contributed by atoms with Crippen molar-refractivity contribution in [2.75, 3.05) is 0 Å². The van der Waals surface area contributed by atoms with Crippen molar-refractivity contribution >= 4 is 21.9 Å². The Morgan fingerprint density at radius 3 is 2.41 bits per heavy atom. The average Bonchev–Trinajstić information content (AvgIpc) is 2.87. The van der Waals surface area contributed by atoms with Crippen LogP contribution < -0.4 is 14.9 Å². The lowest BCUT2D eigenvalue weighted by atomic mass is 10.1. The molecule has 34 heavy (non-hydrogen) atoms. The van der Waals surface area contributed by atoms with Crippen molar-refractivity contribution < 1.29 is 13.9 Å². The van der Waals surface area contributed by atoms with Crippen LogP contribution in [0.2, 0.25) is 0 Å². The van der Waals surface area contributed by atoms with E-state index in [0.29, 0.717) is 35.7 Å². The summed E-state index contributed by atoms with van der Waals surface area (Å²) in [6, 6.07) is 28.1. The third kappa shape index (κ3) is 4.74. The molecule has 6 heteroatoms. The predicted octanol–water partition coefficient (Wildman–Crippen LogP) is 5.57. The van der Waals surface area contributed by atoms with Gasteiger partial charge in [-0.3, -0.25) is 4.79 Å². The summed E-state index contributed by atoms with van der Waals surface area (Å²) in [6.45, 7) is 0.685. The van der Waals surface area contributed by atoms with Gasteiger partial charge in [-0.25, -0.2) is 4.98 Å². The number of hydrogen-bond donors (Lipinski definition) is 0. The largest absolute Gasteiger partial charge is 0.489 e. The molecule has 5 aromatic rings. The molecule has 6 nitrogen and oxygen atoms in total. The first-order valence-corrected chi connectivity index (χ1v) is 10.8. The first-order chi connectivity index (χ1) is 16.7. The average molecular weight is 448 g/mol. The van der Waals surface area contributed by atoms with Gasteiger partial charge in [0.1, 0.15) is 36.1 Å². The highest BCUT2D eigenvalue weighted by Gasteiger charge is 2.07. The lowest BCUT2D eigenvalue weighted by Gasteiger charge is -2.10. The van der Waals surface area contributed by atoms with Gasteiger partial charge in [-0.1, -0.05) is 30.3 Å². The van der Waals surface area contributed by atoms with Crippen LogP contribution in [-0.2, 0) is 19.6 Å². The van der Waals surface area contributed by atoms with E-state index < -0.39 is 0 Å². The van der Waals surface area contributed by atoms with Crippen LogP contribution in [0.1, 0.15) is 17.0 Å². The first kappa shape index (κ1) is 21.2. The molecule has 0 N–H and O–H groups in total. The van der Waals surface area contributed by atoms with Crippen molar-refractivity contribution in [3.8, 4) is 17.6 Å². The van der Waals surface area contributed by atoms with Gasteiger partial charge >= 0.3 is 0 Å². The van der Waals surface area contributed by atoms with Crippen LogP contribution >= 0.6 is 0 Å². The van der Waals surface area contributed by atoms with E-state index in [1.165, 1.54) is 6.07 Å². The fraction of sp³-hybridized carbons (Fsp3) is 0.107. The van der Waals surface area contributed by atoms with Gasteiger partial charge in [0, 0.05) is 11.5 Å². The second kappa shape index (κ2) is 9.47. The van der Waals surface area contributed by atoms with Gasteiger partial charge in [-0.05, 0) is 54.1 Å². The van der Waals surface area contributed by atoms with Gasteiger partial charge in [0.15, 0.2) is 5.43 Å². The van der Waals surface area contributed by atoms with E-state index in [1.807, 2.05) is 72.8 Å². The molecular weight excluding hydrogens is 428 g/mol. The fourth-order valence-electron chi connectivity index (χ4n) is 3.65. The molecule has 0 aliphatic rings. The third-order valence-corrected chi connectivity index (χ3v) is 5.37. The molecule has 0 spiro atoms. The summed E-state index contributed by atoms with van der Waals surface area (Å²) in [7, 11) is 0. The number of benzene rings is 3. The Balaban J connectivity index is 1.21. The van der Waals surface area contributed by atoms with Gasteiger partial charge in [-0.2, -0.15) is 5.26 Å². The van der Waals surface area contributed by atoms with Crippen LogP contribution in [0.4, 0.5) is 0 Å². The summed E-state index contributed by atoms with van der Waals surface area (Å²) in [5, 5.41) is 10.4. The minimum absolute atomic E-state index is 0.0528. The molecule has 2 heterocycles. The Morgan fingerprint density at radius 1 is 0.853 bits per heavy atom. The molecule has 0 aliphatic heterocycles. The van der Waals surface area contributed by atoms with E-state index in [2.05, 4.69) is 4.98 Å². The number of pyridine rings is 1. The standard InChI is InChI=1S/C28H20N2O4/c29-14-13-24-16-27(31)25-12-5-19(15-28(25)34-24)17-32-22-8-10-23(11-9-22)33-18-21-7-6-20-3-1-2-4-26(20)30-21/h1-12,15-16H,13,17-18H2. The zero-order valence-corrected chi connectivity index (χ0v) is 18.2. The van der Waals surface area contributed by atoms with E-state index in [0.717, 1.165) is 27.9 Å². The summed E-state index contributed by atoms with van der Waals surface area (Å²) >= 11 is 0. The van der Waals surface area contributed by atoms with Crippen LogP contribution in [-0.4, -0.2) is 4.98 Å². The number of rotatable bonds is 7. The van der Waals surface area contributed by atoms with E-state index in [9.17, 15) is 4.79 Å². The highest BCUT2D eigenvalue weighted by atomic mass is 16.5. The Hall–Kier alpha value is -4.63. The molecule has 0 saturated heterocycles. The van der Waals surface area contributed by atoms with E-state index in [-0.39, 0.29) is 11.8 Å². The van der Waals surface area contributed by atoms with Crippen LogP contribution in [0.5, 0.6) is 11.5 Å². The second-order valence-electron chi connectivity index (χ2n) is 7.79. The molecule has 0 fully saturated rings. The smallest absolute Gasteiger partial charge is 0.192 e. The summed E-state index contributed by atoms with van der Waals surface area (Å²) < 4.78 is 17.4. The number of aromatic nitrogens is 1. The lowest BCUT2D eigenvalue weighted by molar-refractivity contribution is 0.295. The van der Waals surface area contributed by atoms with E-state index >= 15 is 0 Å². The maximum Gasteiger partial charge on any atom is 0.192 e. The summed E-state index contributed by atoms with van der Waals surface area (Å²) in [4.78, 5) is 16.8. The Labute approximate surface area is 195 Å². The predicted molar refractivity (Wildman–Crippen MR) is 129 cm³/mol. The van der Waals surface area contributed by atoms with E-state index in [1.54, 1.807) is 12.1 Å². The van der Waals surface area contributed by atoms with Crippen molar-refractivity contribution in [3.05, 3.63) is 112 Å². The molecule has 0 bridgehead atoms. The normalized spacial score (nSPS) is 10.8. The monoisotopic (exact) mass is 448 g/mol. The molecule has 3 aromatic carbocycles. The van der Waals surface area contributed by atoms with Gasteiger partial charge in [0.25, 0.3) is 0 Å². The minimum atomic E-state index is -0.159. The SMILES string of the molecule is N#CCc1cc(=O)c2ccc(COc3ccc(OCc4ccc5ccccc5n4)cc3)cc2o1. The zero-order valence-electron chi connectivity index (χ0n) is 18.2. The number of hydrogen-bond acceptors (Lipinski definition) is 6. The Kier molecular flexibility index (Phi) is 5.91. The first-order valence-electron chi connectivity index (χ1n) is 10.8. The highest BCUT2D eigenvalue weighted by molar-refractivity contribution is 5.78. The Morgan fingerprint density at radius 2 is 1.62 bits per heavy atom. The number of para-hydroxylation sites is 1. The number of nitrogens with zero attached hydrogens (tertiary/aromatic N) is 2. The van der Waals surface area contributed by atoms with Crippen molar-refractivity contribution in [1.82, 2.24) is 4.98 Å². The second-order valence-corrected chi connectivity index (χ2v) is 7.79. The maximum absolute atomic E-state index is 12.2. The van der Waals surface area contributed by atoms with Gasteiger partial charge < -0.3 is 13.9 Å². The third-order valence-electron chi connectivity index (χ3n) is 5.37. The van der Waals surface area contributed by atoms with Crippen molar-refractivity contribution in [1.29, 1.82) is 5.26 Å². The van der Waals surface area contributed by atoms with Crippen molar-refractivity contribution in [2.45, 2.75) is 19.6 Å². The van der Waals surface area contributed by atoms with Crippen LogP contribution in [0.25, 0.3) is 21.9 Å². The topological polar surface area (TPSA) is 85.4 Å². The number of ether oxygens (including phenoxy) is 2. The van der Waals surface area contributed by atoms with E-state index in [4.69, 9.17) is 19.2 Å². The minimum Gasteiger partial charge on any atom is -0.489 e. The molecule has 0 atom stereocenters. The van der Waals surface area contributed by atoms with Crippen molar-refractivity contribution in [2.24, 2.45) is 0 Å². The number of fused-ring (bicyclic) bond motifs is 2. The molecule has 166 valence electrons. The molecule has 5 rings (SSSR count). The Bertz CT molecular complexity index is 1570. The van der Waals surface area contributed by atoms with Crippen LogP contribution in [0.3, 0.4) is 0 Å². The van der Waals surface area contributed by atoms with Gasteiger partial charge in [-0.15, -0.1) is 0 Å². The summed E-state index contributed by atoms with van der Waals surface area (Å²) in [5.41, 5.74) is 2.95. The van der Waals surface area contributed by atoms with Gasteiger partial charge in [0.05, 0.1) is 29.1 Å². The van der Waals surface area contributed by atoms with Crippen LogP contribution in [0, 0.1) is 11.3 Å². The molecule has 0 aliphatic carbocycles. The fourth-order valence-corrected chi connectivity index (χ4v) is 3.65. The number of nitriles is 1. The quantitative estimate of drug-likeness (QED) is 0.324. The van der Waals surface area contributed by atoms with Crippen LogP contribution in [0.15, 0.2) is 94.1 Å². The zero-order chi connectivity index (χ0) is 23.3.